The van der Waals surface area contributed by atoms with Crippen LogP contribution in [0.3, 0.4) is 0 Å². The first kappa shape index (κ1) is 110. The van der Waals surface area contributed by atoms with Crippen LogP contribution >= 0.6 is 0 Å². The van der Waals surface area contributed by atoms with Crippen molar-refractivity contribution in [2.45, 2.75) is 211 Å². The van der Waals surface area contributed by atoms with Gasteiger partial charge in [0.1, 0.15) is 26.4 Å². The number of carbonyl (C=O) groups excluding carboxylic acids is 12. The Kier molecular flexibility index (Phi) is 79.2. The summed E-state index contributed by atoms with van der Waals surface area (Å²) in [4.78, 5) is 154. The fourth-order valence-corrected chi connectivity index (χ4v) is 11.2. The largest absolute Gasteiger partial charge is 0.385 e. The Hall–Kier alpha value is -6.88. The molecule has 12 N–H and O–H groups in total. The van der Waals surface area contributed by atoms with Gasteiger partial charge in [0.05, 0.1) is 79.3 Å². The lowest BCUT2D eigenvalue weighted by atomic mass is 10.0. The van der Waals surface area contributed by atoms with Gasteiger partial charge in [0.25, 0.3) is 0 Å². The second-order valence-corrected chi connectivity index (χ2v) is 28.0. The van der Waals surface area contributed by atoms with Gasteiger partial charge in [0.2, 0.25) is 70.9 Å². The zero-order valence-corrected chi connectivity index (χ0v) is 71.4. The first-order valence-corrected chi connectivity index (χ1v) is 42.3. The van der Waals surface area contributed by atoms with E-state index in [4.69, 9.17) is 61.6 Å². The standard InChI is InChI=1S/C80H150N12O25/c1-105-42-19-7-6-15-33-81-74(98)59-66(25-8-16-34-82-77(101)62-114-55-51-110-47-38-86-69(93)28-11-20-43-106-2)91-76(100)61-68(27-10-18-36-84-79(103)64-116-57-53-112-49-40-88-71(95)30-13-22-45-108-4)92-75(99)60-67(26-9-17-35-83-78(102)63-115-56-52-111-48-39-87-70(94)29-12-21-44-107-3)90-73(97)32-24-37-85-80(104)65-117-58-54-113-50-41-89-72(96)31-14-23-46-109-5/h66-68H,6-65H2,1-5H3,(H,81,98)(H,82,101)(H,83,102)(H,84,103)(H,85,104)(H,86,93)(H,87,94)(H,88,95)(H,89,96)(H,90,97)(H,91,100)(H,92,99). The summed E-state index contributed by atoms with van der Waals surface area (Å²) < 4.78 is 69.2. The van der Waals surface area contributed by atoms with E-state index in [1.54, 1.807) is 35.5 Å². The Morgan fingerprint density at radius 1 is 0.188 bits per heavy atom. The molecule has 0 bridgehead atoms. The summed E-state index contributed by atoms with van der Waals surface area (Å²) in [6.07, 6.45) is 14.9. The SMILES string of the molecule is COCCCCCCNC(=O)CC(CCCCNC(=O)COCCOCCNC(=O)CCCCOC)NC(=O)CC(CCCCNC(=O)COCCOCCNC(=O)CCCCOC)NC(=O)CC(CCCCNC(=O)COCCOCCNC(=O)CCCCOC)NC(=O)CCCNC(=O)COCCOCCNC(=O)CCCCOC. The van der Waals surface area contributed by atoms with Gasteiger partial charge in [-0.1, -0.05) is 12.8 Å². The van der Waals surface area contributed by atoms with E-state index in [2.05, 4.69) is 63.8 Å². The molecule has 3 atom stereocenters. The van der Waals surface area contributed by atoms with Crippen LogP contribution in [0.15, 0.2) is 0 Å². The Morgan fingerprint density at radius 2 is 0.410 bits per heavy atom. The lowest BCUT2D eigenvalue weighted by Gasteiger charge is -2.24. The highest BCUT2D eigenvalue weighted by molar-refractivity contribution is 5.83. The maximum atomic E-state index is 14.3. The third kappa shape index (κ3) is 80.0. The molecule has 0 spiro atoms. The van der Waals surface area contributed by atoms with Crippen molar-refractivity contribution >= 4 is 70.9 Å². The second-order valence-electron chi connectivity index (χ2n) is 28.0. The number of amides is 12. The Labute approximate surface area is 695 Å². The molecule has 0 aliphatic rings. The molecule has 12 amide bonds. The van der Waals surface area contributed by atoms with E-state index in [9.17, 15) is 57.5 Å². The fraction of sp³-hybridized carbons (Fsp3) is 0.850. The molecule has 0 saturated carbocycles. The molecule has 0 rings (SSSR count). The lowest BCUT2D eigenvalue weighted by Crippen LogP contribution is -2.45. The summed E-state index contributed by atoms with van der Waals surface area (Å²) in [7, 11) is 8.12. The summed E-state index contributed by atoms with van der Waals surface area (Å²) in [5.41, 5.74) is 0. The van der Waals surface area contributed by atoms with Crippen LogP contribution in [0.1, 0.15) is 193 Å². The second kappa shape index (κ2) is 84.2. The molecule has 0 aromatic carbocycles. The maximum Gasteiger partial charge on any atom is 0.245 e. The number of carbonyl (C=O) groups is 12. The zero-order chi connectivity index (χ0) is 85.8. The molecule has 0 aliphatic heterocycles. The van der Waals surface area contributed by atoms with Gasteiger partial charge in [-0.25, -0.2) is 0 Å². The average Bonchev–Trinajstić information content (AvgIpc) is 0.905. The van der Waals surface area contributed by atoms with Crippen LogP contribution in [0.2, 0.25) is 0 Å². The topological polar surface area (TPSA) is 469 Å². The molecule has 0 aromatic heterocycles. The molecular formula is C80H150N12O25. The highest BCUT2D eigenvalue weighted by Gasteiger charge is 2.24. The van der Waals surface area contributed by atoms with E-state index in [0.29, 0.717) is 162 Å². The number of methoxy groups -OCH3 is 5. The van der Waals surface area contributed by atoms with Crippen molar-refractivity contribution < 1.29 is 119 Å². The predicted octanol–water partition coefficient (Wildman–Crippen LogP) is 1.55. The molecule has 0 saturated heterocycles. The zero-order valence-electron chi connectivity index (χ0n) is 71.4. The van der Waals surface area contributed by atoms with Gasteiger partial charge in [0.15, 0.2) is 0 Å². The number of nitrogens with one attached hydrogen (secondary N) is 12. The van der Waals surface area contributed by atoms with Gasteiger partial charge in [0, 0.05) is 197 Å². The van der Waals surface area contributed by atoms with Crippen LogP contribution in [0, 0.1) is 0 Å². The Bertz CT molecular complexity index is 2540. The number of hydrogen-bond acceptors (Lipinski definition) is 25. The number of hydrogen-bond donors (Lipinski definition) is 12. The molecule has 680 valence electrons. The van der Waals surface area contributed by atoms with E-state index < -0.39 is 35.8 Å². The molecule has 0 heterocycles. The molecule has 0 radical (unpaired) electrons. The predicted molar refractivity (Wildman–Crippen MR) is 437 cm³/mol. The molecule has 0 aromatic rings. The minimum atomic E-state index is -0.744. The van der Waals surface area contributed by atoms with Crippen LogP contribution < -0.4 is 63.8 Å². The molecular weight excluding hydrogens is 1530 g/mol. The van der Waals surface area contributed by atoms with Crippen molar-refractivity contribution in [3.63, 3.8) is 0 Å². The molecule has 0 aliphatic carbocycles. The third-order valence-electron chi connectivity index (χ3n) is 17.5. The van der Waals surface area contributed by atoms with Crippen molar-refractivity contribution in [3.8, 4) is 0 Å². The van der Waals surface area contributed by atoms with Crippen LogP contribution in [-0.4, -0.2) is 322 Å². The summed E-state index contributed by atoms with van der Waals surface area (Å²) in [6.45, 7) is 7.62. The maximum absolute atomic E-state index is 14.3. The molecule has 3 unspecified atom stereocenters. The molecule has 37 nitrogen and oxygen atoms in total. The summed E-state index contributed by atoms with van der Waals surface area (Å²) in [6, 6.07) is -2.06. The molecule has 37 heteroatoms. The van der Waals surface area contributed by atoms with Gasteiger partial charge >= 0.3 is 0 Å². The van der Waals surface area contributed by atoms with Gasteiger partial charge in [-0.05, 0) is 128 Å². The van der Waals surface area contributed by atoms with E-state index >= 15 is 0 Å². The normalized spacial score (nSPS) is 11.9. The van der Waals surface area contributed by atoms with Crippen LogP contribution in [0.4, 0.5) is 0 Å². The van der Waals surface area contributed by atoms with Gasteiger partial charge in [-0.2, -0.15) is 0 Å². The number of rotatable bonds is 87. The minimum Gasteiger partial charge on any atom is -0.385 e. The van der Waals surface area contributed by atoms with Crippen molar-refractivity contribution in [3.05, 3.63) is 0 Å². The van der Waals surface area contributed by atoms with Crippen molar-refractivity contribution in [1.29, 1.82) is 0 Å². The minimum absolute atomic E-state index is 0.000540. The van der Waals surface area contributed by atoms with E-state index in [1.807, 2.05) is 0 Å². The van der Waals surface area contributed by atoms with Crippen LogP contribution in [0.25, 0.3) is 0 Å². The summed E-state index contributed by atoms with van der Waals surface area (Å²) in [5, 5.41) is 34.5. The quantitative estimate of drug-likeness (QED) is 0.0384. The van der Waals surface area contributed by atoms with Gasteiger partial charge in [-0.3, -0.25) is 57.5 Å². The number of unbranched alkanes of at least 4 members (excludes halogenated alkanes) is 10. The van der Waals surface area contributed by atoms with Crippen molar-refractivity contribution in [1.82, 2.24) is 63.8 Å². The summed E-state index contributed by atoms with van der Waals surface area (Å²) >= 11 is 0. The van der Waals surface area contributed by atoms with Crippen molar-refractivity contribution in [2.24, 2.45) is 0 Å². The molecule has 117 heavy (non-hydrogen) atoms. The van der Waals surface area contributed by atoms with Gasteiger partial charge in [-0.15, -0.1) is 0 Å². The third-order valence-corrected chi connectivity index (χ3v) is 17.5. The Balaban J connectivity index is 6.17. The lowest BCUT2D eigenvalue weighted by molar-refractivity contribution is -0.127. The van der Waals surface area contributed by atoms with E-state index in [1.165, 1.54) is 0 Å². The number of ether oxygens (including phenoxy) is 13. The van der Waals surface area contributed by atoms with Crippen LogP contribution in [0.5, 0.6) is 0 Å². The first-order chi connectivity index (χ1) is 56.9. The summed E-state index contributed by atoms with van der Waals surface area (Å²) in [5.74, 6) is -3.23. The van der Waals surface area contributed by atoms with E-state index in [0.717, 1.165) is 77.0 Å². The molecule has 0 fully saturated rings. The first-order valence-electron chi connectivity index (χ1n) is 42.3. The smallest absolute Gasteiger partial charge is 0.245 e. The van der Waals surface area contributed by atoms with Crippen LogP contribution in [-0.2, 0) is 119 Å². The van der Waals surface area contributed by atoms with E-state index in [-0.39, 0.29) is 204 Å². The van der Waals surface area contributed by atoms with Gasteiger partial charge < -0.3 is 125 Å². The fourth-order valence-electron chi connectivity index (χ4n) is 11.2. The highest BCUT2D eigenvalue weighted by Crippen LogP contribution is 2.13. The highest BCUT2D eigenvalue weighted by atomic mass is 16.5. The Morgan fingerprint density at radius 3 is 0.709 bits per heavy atom. The monoisotopic (exact) mass is 1680 g/mol. The van der Waals surface area contributed by atoms with Crippen molar-refractivity contribution in [2.75, 3.05) is 233 Å². The average molecular weight is 1680 g/mol.